The zero-order valence-corrected chi connectivity index (χ0v) is 12.9. The van der Waals surface area contributed by atoms with Gasteiger partial charge in [0.25, 0.3) is 0 Å². The number of nitrogens with zero attached hydrogens (tertiary/aromatic N) is 2. The molecule has 3 heteroatoms. The van der Waals surface area contributed by atoms with Crippen molar-refractivity contribution < 1.29 is 20.1 Å². The minimum atomic E-state index is 0. The first kappa shape index (κ1) is 14.7. The summed E-state index contributed by atoms with van der Waals surface area (Å²) >= 11 is 0. The fourth-order valence-electron chi connectivity index (χ4n) is 2.14. The van der Waals surface area contributed by atoms with Crippen molar-refractivity contribution in [1.29, 1.82) is 0 Å². The maximum absolute atomic E-state index is 3.27. The summed E-state index contributed by atoms with van der Waals surface area (Å²) in [5, 5.41) is 0. The van der Waals surface area contributed by atoms with Crippen LogP contribution in [-0.4, -0.2) is 13.7 Å². The van der Waals surface area contributed by atoms with Gasteiger partial charge in [0, 0.05) is 27.2 Å². The zero-order valence-electron chi connectivity index (χ0n) is 10.6. The standard InChI is InChI=1S/C14H13N2.CH3.Ir/c1-15-11-16(12-7-3-2-4-8-12)14-10-6-5-9-13(14)15;;/h2-7,9-10H,11H2,1H3;1H3;/q2*-1;. The van der Waals surface area contributed by atoms with Crippen molar-refractivity contribution in [1.82, 2.24) is 0 Å². The average Bonchev–Trinajstić information content (AvgIpc) is 2.69. The zero-order chi connectivity index (χ0) is 11.0. The molecule has 0 N–H and O–H groups in total. The third-order valence-electron chi connectivity index (χ3n) is 2.92. The van der Waals surface area contributed by atoms with E-state index in [0.717, 1.165) is 12.4 Å². The fraction of sp³-hybridized carbons (Fsp3) is 0.133. The molecular formula is C15H16IrN2-2. The molecule has 3 rings (SSSR count). The summed E-state index contributed by atoms with van der Waals surface area (Å²) < 4.78 is 0. The second-order valence-electron chi connectivity index (χ2n) is 4.00. The molecule has 0 aromatic heterocycles. The molecule has 1 radical (unpaired) electrons. The van der Waals surface area contributed by atoms with Gasteiger partial charge in [0.2, 0.25) is 0 Å². The molecular weight excluding hydrogens is 400 g/mol. The van der Waals surface area contributed by atoms with Gasteiger partial charge in [-0.05, 0) is 12.1 Å². The molecule has 0 saturated heterocycles. The van der Waals surface area contributed by atoms with Gasteiger partial charge in [0.15, 0.2) is 0 Å². The molecule has 0 aliphatic carbocycles. The van der Waals surface area contributed by atoms with Crippen LogP contribution in [0.15, 0.2) is 48.5 Å². The van der Waals surface area contributed by atoms with Crippen LogP contribution in [0.3, 0.4) is 0 Å². The fourth-order valence-corrected chi connectivity index (χ4v) is 2.14. The molecule has 0 unspecified atom stereocenters. The summed E-state index contributed by atoms with van der Waals surface area (Å²) in [5.41, 5.74) is 3.66. The van der Waals surface area contributed by atoms with Gasteiger partial charge in [0.1, 0.15) is 0 Å². The van der Waals surface area contributed by atoms with E-state index in [-0.39, 0.29) is 27.5 Å². The van der Waals surface area contributed by atoms with E-state index in [9.17, 15) is 0 Å². The predicted octanol–water partition coefficient (Wildman–Crippen LogP) is 3.48. The second kappa shape index (κ2) is 6.03. The third kappa shape index (κ3) is 2.43. The summed E-state index contributed by atoms with van der Waals surface area (Å²) in [4.78, 5) is 4.52. The smallest absolute Gasteiger partial charge is 0.0927 e. The van der Waals surface area contributed by atoms with Crippen molar-refractivity contribution in [3.05, 3.63) is 62.0 Å². The van der Waals surface area contributed by atoms with Crippen LogP contribution >= 0.6 is 0 Å². The van der Waals surface area contributed by atoms with Gasteiger partial charge in [-0.3, -0.25) is 0 Å². The molecule has 1 heterocycles. The number of hydrogen-bond donors (Lipinski definition) is 0. The van der Waals surface area contributed by atoms with E-state index in [1.807, 2.05) is 18.2 Å². The second-order valence-corrected chi connectivity index (χ2v) is 4.00. The molecule has 1 aliphatic rings. The number of rotatable bonds is 1. The summed E-state index contributed by atoms with van der Waals surface area (Å²) in [6.45, 7) is 0.889. The van der Waals surface area contributed by atoms with Gasteiger partial charge in [-0.15, -0.1) is 6.07 Å². The van der Waals surface area contributed by atoms with E-state index in [1.54, 1.807) is 0 Å². The Morgan fingerprint density at radius 2 is 1.67 bits per heavy atom. The van der Waals surface area contributed by atoms with E-state index in [4.69, 9.17) is 0 Å². The normalized spacial score (nSPS) is 12.5. The minimum Gasteiger partial charge on any atom is -0.358 e. The van der Waals surface area contributed by atoms with Crippen molar-refractivity contribution in [3.8, 4) is 0 Å². The van der Waals surface area contributed by atoms with Gasteiger partial charge in [0.05, 0.1) is 18.0 Å². The molecule has 0 atom stereocenters. The van der Waals surface area contributed by atoms with Gasteiger partial charge in [-0.25, -0.2) is 0 Å². The quantitative estimate of drug-likeness (QED) is 0.657. The summed E-state index contributed by atoms with van der Waals surface area (Å²) in [6.07, 6.45) is 0. The van der Waals surface area contributed by atoms with Crippen LogP contribution in [0.1, 0.15) is 0 Å². The number of benzene rings is 2. The first-order chi connectivity index (χ1) is 7.86. The Labute approximate surface area is 123 Å². The van der Waals surface area contributed by atoms with E-state index in [0.29, 0.717) is 0 Å². The Balaban J connectivity index is 0.000000810. The van der Waals surface area contributed by atoms with Gasteiger partial charge in [-0.1, -0.05) is 17.8 Å². The molecule has 1 aliphatic heterocycles. The van der Waals surface area contributed by atoms with E-state index >= 15 is 0 Å². The average molecular weight is 417 g/mol. The number of hydrogen-bond acceptors (Lipinski definition) is 2. The Kier molecular flexibility index (Phi) is 4.94. The first-order valence-electron chi connectivity index (χ1n) is 5.41. The maximum atomic E-state index is 3.27. The third-order valence-corrected chi connectivity index (χ3v) is 2.92. The summed E-state index contributed by atoms with van der Waals surface area (Å²) in [5.74, 6) is 0. The number of fused-ring (bicyclic) bond motifs is 1. The van der Waals surface area contributed by atoms with Crippen molar-refractivity contribution in [2.24, 2.45) is 0 Å². The molecule has 2 aromatic carbocycles. The van der Waals surface area contributed by atoms with Crippen LogP contribution in [0.2, 0.25) is 0 Å². The monoisotopic (exact) mass is 417 g/mol. The van der Waals surface area contributed by atoms with Gasteiger partial charge >= 0.3 is 0 Å². The maximum Gasteiger partial charge on any atom is 0.0927 e. The predicted molar refractivity (Wildman–Crippen MR) is 73.5 cm³/mol. The van der Waals surface area contributed by atoms with Crippen LogP contribution in [-0.2, 0) is 20.1 Å². The van der Waals surface area contributed by atoms with Gasteiger partial charge < -0.3 is 17.2 Å². The summed E-state index contributed by atoms with van der Waals surface area (Å²) in [6, 6.07) is 19.8. The van der Waals surface area contributed by atoms with Crippen LogP contribution in [0, 0.1) is 13.5 Å². The Hall–Kier alpha value is -1.31. The van der Waals surface area contributed by atoms with Gasteiger partial charge in [-0.2, -0.15) is 24.3 Å². The molecule has 0 fully saturated rings. The molecule has 0 amide bonds. The van der Waals surface area contributed by atoms with Crippen LogP contribution < -0.4 is 9.80 Å². The molecule has 2 aromatic rings. The molecule has 0 saturated carbocycles. The van der Waals surface area contributed by atoms with E-state index in [1.165, 1.54) is 11.4 Å². The largest absolute Gasteiger partial charge is 0.358 e. The van der Waals surface area contributed by atoms with Crippen molar-refractivity contribution in [2.75, 3.05) is 23.5 Å². The van der Waals surface area contributed by atoms with Crippen LogP contribution in [0.25, 0.3) is 0 Å². The molecule has 2 nitrogen and oxygen atoms in total. The summed E-state index contributed by atoms with van der Waals surface area (Å²) in [7, 11) is 2.11. The minimum absolute atomic E-state index is 0. The van der Waals surface area contributed by atoms with Crippen molar-refractivity contribution in [2.45, 2.75) is 0 Å². The van der Waals surface area contributed by atoms with E-state index < -0.39 is 0 Å². The van der Waals surface area contributed by atoms with Crippen molar-refractivity contribution >= 4 is 17.1 Å². The molecule has 97 valence electrons. The topological polar surface area (TPSA) is 6.48 Å². The van der Waals surface area contributed by atoms with Crippen LogP contribution in [0.4, 0.5) is 17.1 Å². The van der Waals surface area contributed by atoms with E-state index in [2.05, 4.69) is 53.2 Å². The Morgan fingerprint density at radius 1 is 1.00 bits per heavy atom. The molecule has 0 bridgehead atoms. The Bertz CT molecular complexity index is 499. The van der Waals surface area contributed by atoms with Crippen LogP contribution in [0.5, 0.6) is 0 Å². The SMILES string of the molecule is CN1CN(c2[c-]cccc2)c2ccccc21.[CH3-].[Ir]. The number of anilines is 3. The molecule has 18 heavy (non-hydrogen) atoms. The number of para-hydroxylation sites is 3. The molecule has 0 spiro atoms. The Morgan fingerprint density at radius 3 is 2.33 bits per heavy atom. The van der Waals surface area contributed by atoms with Crippen molar-refractivity contribution in [3.63, 3.8) is 0 Å². The first-order valence-corrected chi connectivity index (χ1v) is 5.41.